The van der Waals surface area contributed by atoms with E-state index in [2.05, 4.69) is 4.74 Å². The maximum atomic E-state index is 12.2. The Morgan fingerprint density at radius 2 is 1.89 bits per heavy atom. The van der Waals surface area contributed by atoms with Crippen LogP contribution in [0.4, 0.5) is 5.69 Å². The van der Waals surface area contributed by atoms with Crippen LogP contribution in [0, 0.1) is 0 Å². The Morgan fingerprint density at radius 1 is 1.37 bits per heavy atom. The molecule has 0 spiro atoms. The molecule has 0 fully saturated rings. The van der Waals surface area contributed by atoms with E-state index in [1.54, 1.807) is 20.8 Å². The number of carbonyl (C=O) groups is 1. The Bertz CT molecular complexity index is 621. The molecule has 1 rings (SSSR count). The molecule has 0 aliphatic rings. The summed E-state index contributed by atoms with van der Waals surface area (Å²) in [6.45, 7) is 4.38. The smallest absolute Gasteiger partial charge is 0.334 e. The summed E-state index contributed by atoms with van der Waals surface area (Å²) in [5.41, 5.74) is 2.52. The summed E-state index contributed by atoms with van der Waals surface area (Å²) >= 11 is 0. The van der Waals surface area contributed by atoms with Crippen LogP contribution in [0.3, 0.4) is 0 Å². The minimum atomic E-state index is -0.839. The van der Waals surface area contributed by atoms with E-state index >= 15 is 0 Å². The second-order valence-electron chi connectivity index (χ2n) is 4.99. The van der Waals surface area contributed by atoms with E-state index in [0.717, 1.165) is 11.7 Å². The van der Waals surface area contributed by atoms with Gasteiger partial charge in [0.2, 0.25) is 5.88 Å². The average Bonchev–Trinajstić information content (AvgIpc) is 2.30. The first-order chi connectivity index (χ1) is 8.61. The third-order valence-electron chi connectivity index (χ3n) is 2.54. The molecule has 0 saturated carbocycles. The lowest BCUT2D eigenvalue weighted by Crippen LogP contribution is -2.48. The molecule has 106 valence electrons. The average molecular weight is 271 g/mol. The number of methoxy groups -OCH3 is 1. The van der Waals surface area contributed by atoms with Crippen LogP contribution in [0.15, 0.2) is 9.59 Å². The Balaban J connectivity index is 3.68. The second-order valence-corrected chi connectivity index (χ2v) is 4.99. The van der Waals surface area contributed by atoms with Crippen LogP contribution in [0.5, 0.6) is 5.88 Å². The zero-order valence-corrected chi connectivity index (χ0v) is 11.3. The lowest BCUT2D eigenvalue weighted by molar-refractivity contribution is -0.141. The van der Waals surface area contributed by atoms with Gasteiger partial charge in [-0.3, -0.25) is 18.7 Å². The van der Waals surface area contributed by atoms with Crippen molar-refractivity contribution in [1.82, 2.24) is 9.13 Å². The maximum Gasteiger partial charge on any atom is 0.334 e. The summed E-state index contributed by atoms with van der Waals surface area (Å²) in [6, 6.07) is 0. The fourth-order valence-electron chi connectivity index (χ4n) is 1.59. The topological polar surface area (TPSA) is 117 Å². The lowest BCUT2D eigenvalue weighted by Gasteiger charge is -2.23. The molecule has 0 aliphatic carbocycles. The number of carbonyl (C=O) groups excluding carboxylic acids is 1. The van der Waals surface area contributed by atoms with Crippen LogP contribution in [0.25, 0.3) is 0 Å². The van der Waals surface area contributed by atoms with Crippen molar-refractivity contribution in [2.75, 3.05) is 12.8 Å². The molecular formula is C11H17N3O5. The van der Waals surface area contributed by atoms with Gasteiger partial charge in [0, 0.05) is 5.54 Å². The summed E-state index contributed by atoms with van der Waals surface area (Å²) in [6.07, 6.45) is 0. The molecule has 1 aromatic rings. The molecule has 19 heavy (non-hydrogen) atoms. The van der Waals surface area contributed by atoms with Gasteiger partial charge < -0.3 is 15.6 Å². The second kappa shape index (κ2) is 4.79. The van der Waals surface area contributed by atoms with Crippen molar-refractivity contribution in [1.29, 1.82) is 0 Å². The molecule has 0 aromatic carbocycles. The molecule has 0 atom stereocenters. The first-order valence-corrected chi connectivity index (χ1v) is 5.52. The Kier molecular flexibility index (Phi) is 3.73. The highest BCUT2D eigenvalue weighted by Gasteiger charge is 2.25. The zero-order valence-electron chi connectivity index (χ0n) is 11.3. The summed E-state index contributed by atoms with van der Waals surface area (Å²) in [4.78, 5) is 35.3. The van der Waals surface area contributed by atoms with Crippen molar-refractivity contribution in [2.24, 2.45) is 0 Å². The van der Waals surface area contributed by atoms with Gasteiger partial charge in [-0.2, -0.15) is 0 Å². The largest absolute Gasteiger partial charge is 0.493 e. The first-order valence-electron chi connectivity index (χ1n) is 5.52. The Labute approximate surface area is 109 Å². The van der Waals surface area contributed by atoms with Gasteiger partial charge >= 0.3 is 11.7 Å². The fourth-order valence-corrected chi connectivity index (χ4v) is 1.59. The first kappa shape index (κ1) is 14.8. The van der Waals surface area contributed by atoms with Crippen LogP contribution >= 0.6 is 0 Å². The van der Waals surface area contributed by atoms with E-state index in [0.29, 0.717) is 4.57 Å². The quantitative estimate of drug-likeness (QED) is 0.682. The van der Waals surface area contributed by atoms with Gasteiger partial charge in [0.1, 0.15) is 6.54 Å². The molecule has 0 aliphatic heterocycles. The van der Waals surface area contributed by atoms with E-state index in [9.17, 15) is 19.5 Å². The van der Waals surface area contributed by atoms with Crippen molar-refractivity contribution in [3.05, 3.63) is 20.8 Å². The molecule has 0 bridgehead atoms. The predicted molar refractivity (Wildman–Crippen MR) is 68.1 cm³/mol. The van der Waals surface area contributed by atoms with E-state index in [1.807, 2.05) is 0 Å². The number of hydrogen-bond acceptors (Lipinski definition) is 6. The molecule has 0 saturated heterocycles. The highest BCUT2D eigenvalue weighted by atomic mass is 16.5. The molecule has 3 N–H and O–H groups in total. The van der Waals surface area contributed by atoms with Crippen LogP contribution < -0.4 is 17.0 Å². The van der Waals surface area contributed by atoms with Crippen LogP contribution in [-0.4, -0.2) is 27.3 Å². The minimum absolute atomic E-state index is 0.488. The van der Waals surface area contributed by atoms with Gasteiger partial charge in [-0.05, 0) is 20.8 Å². The van der Waals surface area contributed by atoms with Gasteiger partial charge in [0.15, 0.2) is 5.69 Å². The van der Waals surface area contributed by atoms with Crippen molar-refractivity contribution in [2.45, 2.75) is 32.9 Å². The van der Waals surface area contributed by atoms with Crippen molar-refractivity contribution in [3.63, 3.8) is 0 Å². The number of anilines is 1. The molecule has 1 heterocycles. The number of nitrogen functional groups attached to an aromatic ring is 1. The van der Waals surface area contributed by atoms with E-state index < -0.39 is 40.9 Å². The van der Waals surface area contributed by atoms with Gasteiger partial charge in [0.05, 0.1) is 7.11 Å². The number of nitrogens with two attached hydrogens (primary N) is 1. The minimum Gasteiger partial charge on any atom is -0.493 e. The van der Waals surface area contributed by atoms with Crippen LogP contribution in [0.2, 0.25) is 0 Å². The maximum absolute atomic E-state index is 12.2. The summed E-state index contributed by atoms with van der Waals surface area (Å²) in [5.74, 6) is -1.48. The zero-order chi connectivity index (χ0) is 15.0. The van der Waals surface area contributed by atoms with Gasteiger partial charge in [-0.25, -0.2) is 4.79 Å². The van der Waals surface area contributed by atoms with Crippen molar-refractivity contribution < 1.29 is 14.6 Å². The van der Waals surface area contributed by atoms with Gasteiger partial charge in [-0.15, -0.1) is 0 Å². The molecule has 0 radical (unpaired) electrons. The van der Waals surface area contributed by atoms with E-state index in [1.165, 1.54) is 0 Å². The SMILES string of the molecule is COC(=O)Cn1c(O)c(N)c(=O)n(C(C)(C)C)c1=O. The summed E-state index contributed by atoms with van der Waals surface area (Å²) < 4.78 is 6.00. The number of esters is 1. The lowest BCUT2D eigenvalue weighted by atomic mass is 10.1. The molecule has 0 unspecified atom stereocenters. The van der Waals surface area contributed by atoms with Crippen LogP contribution in [-0.2, 0) is 21.6 Å². The number of rotatable bonds is 2. The molecule has 8 heteroatoms. The number of aromatic nitrogens is 2. The van der Waals surface area contributed by atoms with Crippen molar-refractivity contribution >= 4 is 11.7 Å². The molecule has 8 nitrogen and oxygen atoms in total. The molecular weight excluding hydrogens is 254 g/mol. The van der Waals surface area contributed by atoms with Gasteiger partial charge in [-0.1, -0.05) is 0 Å². The summed E-state index contributed by atoms with van der Waals surface area (Å²) in [7, 11) is 1.15. The third-order valence-corrected chi connectivity index (χ3v) is 2.54. The Morgan fingerprint density at radius 3 is 2.32 bits per heavy atom. The Hall–Kier alpha value is -2.25. The van der Waals surface area contributed by atoms with Crippen LogP contribution in [0.1, 0.15) is 20.8 Å². The van der Waals surface area contributed by atoms with Gasteiger partial charge in [0.25, 0.3) is 5.56 Å². The highest BCUT2D eigenvalue weighted by molar-refractivity contribution is 5.69. The third kappa shape index (κ3) is 2.61. The fraction of sp³-hybridized carbons (Fsp3) is 0.545. The van der Waals surface area contributed by atoms with E-state index in [4.69, 9.17) is 5.73 Å². The molecule has 1 aromatic heterocycles. The number of nitrogens with zero attached hydrogens (tertiary/aromatic N) is 2. The monoisotopic (exact) mass is 271 g/mol. The predicted octanol–water partition coefficient (Wildman–Crippen LogP) is -0.774. The molecule has 0 amide bonds. The number of aromatic hydroxyl groups is 1. The number of hydrogen-bond donors (Lipinski definition) is 2. The summed E-state index contributed by atoms with van der Waals surface area (Å²) in [5, 5.41) is 9.71. The standard InChI is InChI=1S/C11H17N3O5/c1-11(2,3)14-9(17)7(12)8(16)13(10(14)18)5-6(15)19-4/h16H,5,12H2,1-4H3. The van der Waals surface area contributed by atoms with Crippen molar-refractivity contribution in [3.8, 4) is 5.88 Å². The highest BCUT2D eigenvalue weighted by Crippen LogP contribution is 2.15. The number of ether oxygens (including phenoxy) is 1. The van der Waals surface area contributed by atoms with E-state index in [-0.39, 0.29) is 0 Å². The normalized spacial score (nSPS) is 11.4.